The molecule has 0 radical (unpaired) electrons. The Hall–Kier alpha value is -3.29. The maximum Gasteiger partial charge on any atom is 0.229 e. The SMILES string of the molecule is COc1ccc2oc3cc(OC)c(OC)c(OC4O[C@H](CO[C@@H]5O[C@H](CO)[C@@H](O)[C@H](O)[C@H]5O)[C@@H](O)[C@H](O)[C@H]4O)c3c(=O)c2c1. The summed E-state index contributed by atoms with van der Waals surface area (Å²) < 4.78 is 44.6. The first-order valence-corrected chi connectivity index (χ1v) is 13.5. The molecule has 44 heavy (non-hydrogen) atoms. The van der Waals surface area contributed by atoms with Crippen LogP contribution in [-0.2, 0) is 14.2 Å². The molecule has 3 aromatic rings. The van der Waals surface area contributed by atoms with Crippen LogP contribution in [-0.4, -0.2) is 132 Å². The van der Waals surface area contributed by atoms with Gasteiger partial charge in [-0.1, -0.05) is 0 Å². The number of benzene rings is 2. The predicted molar refractivity (Wildman–Crippen MR) is 147 cm³/mol. The normalized spacial score (nSPS) is 32.5. The van der Waals surface area contributed by atoms with E-state index in [-0.39, 0.29) is 39.2 Å². The minimum absolute atomic E-state index is 0.0358. The second-order valence-corrected chi connectivity index (χ2v) is 10.3. The average Bonchev–Trinajstić information content (AvgIpc) is 3.03. The van der Waals surface area contributed by atoms with Crippen LogP contribution in [0.15, 0.2) is 33.5 Å². The average molecular weight is 627 g/mol. The Morgan fingerprint density at radius 2 is 1.39 bits per heavy atom. The molecule has 1 aromatic heterocycles. The highest BCUT2D eigenvalue weighted by Gasteiger charge is 2.48. The van der Waals surface area contributed by atoms with Crippen LogP contribution in [0.25, 0.3) is 21.9 Å². The zero-order valence-electron chi connectivity index (χ0n) is 23.8. The van der Waals surface area contributed by atoms with Gasteiger partial charge >= 0.3 is 0 Å². The van der Waals surface area contributed by atoms with Gasteiger partial charge in [0.15, 0.2) is 17.8 Å². The van der Waals surface area contributed by atoms with Gasteiger partial charge in [-0.3, -0.25) is 4.79 Å². The quantitative estimate of drug-likeness (QED) is 0.127. The van der Waals surface area contributed by atoms with E-state index in [1.54, 1.807) is 12.1 Å². The van der Waals surface area contributed by atoms with Gasteiger partial charge in [0, 0.05) is 6.07 Å². The van der Waals surface area contributed by atoms with Crippen LogP contribution in [0.2, 0.25) is 0 Å². The fraction of sp³-hybridized carbons (Fsp3) is 0.536. The van der Waals surface area contributed by atoms with Gasteiger partial charge in [-0.25, -0.2) is 0 Å². The van der Waals surface area contributed by atoms with Crippen LogP contribution in [0.1, 0.15) is 0 Å². The Kier molecular flexibility index (Phi) is 9.47. The van der Waals surface area contributed by atoms with Gasteiger partial charge in [-0.2, -0.15) is 0 Å². The minimum atomic E-state index is -1.85. The second-order valence-electron chi connectivity index (χ2n) is 10.3. The highest BCUT2D eigenvalue weighted by Crippen LogP contribution is 2.44. The maximum absolute atomic E-state index is 13.8. The number of aliphatic hydroxyl groups is 7. The first-order valence-electron chi connectivity index (χ1n) is 13.5. The third-order valence-corrected chi connectivity index (χ3v) is 7.64. The molecule has 2 saturated heterocycles. The smallest absolute Gasteiger partial charge is 0.229 e. The molecule has 2 aliphatic rings. The van der Waals surface area contributed by atoms with Crippen LogP contribution >= 0.6 is 0 Å². The summed E-state index contributed by atoms with van der Waals surface area (Å²) in [6.07, 6.45) is -16.5. The molecule has 2 aliphatic heterocycles. The lowest BCUT2D eigenvalue weighted by atomic mass is 9.98. The van der Waals surface area contributed by atoms with E-state index in [4.69, 9.17) is 37.6 Å². The van der Waals surface area contributed by atoms with Crippen LogP contribution < -0.4 is 24.4 Å². The van der Waals surface area contributed by atoms with Crippen molar-refractivity contribution >= 4 is 21.9 Å². The lowest BCUT2D eigenvalue weighted by Crippen LogP contribution is -2.62. The predicted octanol–water partition coefficient (Wildman–Crippen LogP) is -2.03. The number of ether oxygens (including phenoxy) is 7. The molecule has 3 heterocycles. The van der Waals surface area contributed by atoms with Crippen molar-refractivity contribution in [3.05, 3.63) is 34.5 Å². The van der Waals surface area contributed by atoms with Gasteiger partial charge in [0.25, 0.3) is 0 Å². The molecule has 7 N–H and O–H groups in total. The Balaban J connectivity index is 1.48. The van der Waals surface area contributed by atoms with Crippen molar-refractivity contribution in [1.82, 2.24) is 0 Å². The molecule has 0 aliphatic carbocycles. The molecule has 242 valence electrons. The van der Waals surface area contributed by atoms with E-state index < -0.39 is 80.1 Å². The van der Waals surface area contributed by atoms with E-state index >= 15 is 0 Å². The number of methoxy groups -OCH3 is 3. The molecule has 0 bridgehead atoms. The lowest BCUT2D eigenvalue weighted by molar-refractivity contribution is -0.323. The summed E-state index contributed by atoms with van der Waals surface area (Å²) >= 11 is 0. The molecule has 1 unspecified atom stereocenters. The largest absolute Gasteiger partial charge is 0.497 e. The summed E-state index contributed by atoms with van der Waals surface area (Å²) in [6.45, 7) is -1.28. The molecule has 16 nitrogen and oxygen atoms in total. The van der Waals surface area contributed by atoms with Crippen molar-refractivity contribution in [2.45, 2.75) is 61.4 Å². The molecule has 2 fully saturated rings. The van der Waals surface area contributed by atoms with Gasteiger partial charge in [0.05, 0.1) is 39.9 Å². The number of hydrogen-bond donors (Lipinski definition) is 7. The summed E-state index contributed by atoms with van der Waals surface area (Å²) in [5.74, 6) is 0.151. The van der Waals surface area contributed by atoms with Gasteiger partial charge in [0.2, 0.25) is 17.5 Å². The van der Waals surface area contributed by atoms with Crippen molar-refractivity contribution in [2.75, 3.05) is 34.5 Å². The standard InChI is InChI=1S/C28H34O16/c1-37-10-4-5-12-11(6-10)18(30)17-13(41-12)7-14(38-2)25(39-3)26(17)44-28-24(36)22(34)20(32)16(43-28)9-40-27-23(35)21(33)19(31)15(8-29)42-27/h4-7,15-16,19-24,27-29,31-36H,8-9H2,1-3H3/t15-,16-,19-,20-,21+,22+,23-,24-,27-,28?/m1/s1. The van der Waals surface area contributed by atoms with Crippen LogP contribution in [0.4, 0.5) is 0 Å². The Labute approximate surface area is 249 Å². The molecule has 2 aromatic carbocycles. The summed E-state index contributed by atoms with van der Waals surface area (Å²) in [7, 11) is 4.07. The summed E-state index contributed by atoms with van der Waals surface area (Å²) in [4.78, 5) is 13.8. The fourth-order valence-corrected chi connectivity index (χ4v) is 5.17. The lowest BCUT2D eigenvalue weighted by Gasteiger charge is -2.42. The number of hydrogen-bond acceptors (Lipinski definition) is 16. The van der Waals surface area contributed by atoms with E-state index in [2.05, 4.69) is 0 Å². The molecule has 16 heteroatoms. The van der Waals surface area contributed by atoms with Gasteiger partial charge in [0.1, 0.15) is 71.1 Å². The van der Waals surface area contributed by atoms with Crippen LogP contribution in [0.5, 0.6) is 23.0 Å². The van der Waals surface area contributed by atoms with Crippen molar-refractivity contribution in [3.8, 4) is 23.0 Å². The number of rotatable bonds is 9. The maximum atomic E-state index is 13.8. The second kappa shape index (κ2) is 13.0. The first kappa shape index (κ1) is 32.1. The zero-order valence-corrected chi connectivity index (χ0v) is 23.8. The molecule has 0 saturated carbocycles. The number of fused-ring (bicyclic) bond motifs is 2. The Morgan fingerprint density at radius 1 is 0.727 bits per heavy atom. The van der Waals surface area contributed by atoms with E-state index in [0.717, 1.165) is 0 Å². The van der Waals surface area contributed by atoms with Crippen molar-refractivity contribution in [2.24, 2.45) is 0 Å². The topological polar surface area (TPSA) is 236 Å². The molecule has 0 spiro atoms. The highest BCUT2D eigenvalue weighted by atomic mass is 16.7. The van der Waals surface area contributed by atoms with Gasteiger partial charge in [-0.05, 0) is 18.2 Å². The van der Waals surface area contributed by atoms with E-state index in [9.17, 15) is 40.5 Å². The molecular weight excluding hydrogens is 592 g/mol. The third kappa shape index (κ3) is 5.65. The first-order chi connectivity index (χ1) is 21.0. The fourth-order valence-electron chi connectivity index (χ4n) is 5.17. The van der Waals surface area contributed by atoms with E-state index in [0.29, 0.717) is 5.75 Å². The van der Waals surface area contributed by atoms with Crippen molar-refractivity contribution in [3.63, 3.8) is 0 Å². The Morgan fingerprint density at radius 3 is 2.02 bits per heavy atom. The van der Waals surface area contributed by atoms with Crippen molar-refractivity contribution < 1.29 is 73.3 Å². The zero-order chi connectivity index (χ0) is 31.9. The molecular formula is C28H34O16. The molecule has 5 rings (SSSR count). The monoisotopic (exact) mass is 626 g/mol. The summed E-state index contributed by atoms with van der Waals surface area (Å²) in [5, 5.41) is 71.8. The summed E-state index contributed by atoms with van der Waals surface area (Å²) in [6, 6.07) is 6.05. The van der Waals surface area contributed by atoms with E-state index in [1.807, 2.05) is 0 Å². The van der Waals surface area contributed by atoms with E-state index in [1.165, 1.54) is 33.5 Å². The van der Waals surface area contributed by atoms with Gasteiger partial charge < -0.3 is 73.3 Å². The van der Waals surface area contributed by atoms with Gasteiger partial charge in [-0.15, -0.1) is 0 Å². The van der Waals surface area contributed by atoms with Crippen LogP contribution in [0.3, 0.4) is 0 Å². The minimum Gasteiger partial charge on any atom is -0.497 e. The number of aliphatic hydroxyl groups excluding tert-OH is 7. The van der Waals surface area contributed by atoms with Crippen LogP contribution in [0, 0.1) is 0 Å². The summed E-state index contributed by atoms with van der Waals surface area (Å²) in [5.41, 5.74) is -0.280. The molecule has 0 amide bonds. The third-order valence-electron chi connectivity index (χ3n) is 7.64. The highest BCUT2D eigenvalue weighted by molar-refractivity contribution is 5.96. The van der Waals surface area contributed by atoms with Crippen molar-refractivity contribution in [1.29, 1.82) is 0 Å². The Bertz CT molecular complexity index is 1520. The molecule has 10 atom stereocenters.